The van der Waals surface area contributed by atoms with Crippen LogP contribution in [0.1, 0.15) is 32.7 Å². The molecule has 0 bridgehead atoms. The van der Waals surface area contributed by atoms with Crippen LogP contribution in [-0.2, 0) is 6.42 Å². The first kappa shape index (κ1) is 19.9. The van der Waals surface area contributed by atoms with Crippen molar-refractivity contribution in [1.29, 1.82) is 0 Å². The van der Waals surface area contributed by atoms with Gasteiger partial charge in [0, 0.05) is 23.2 Å². The lowest BCUT2D eigenvalue weighted by molar-refractivity contribution is 0.102. The van der Waals surface area contributed by atoms with Gasteiger partial charge in [-0.1, -0.05) is 70.7 Å². The van der Waals surface area contributed by atoms with Crippen molar-refractivity contribution in [2.75, 3.05) is 5.32 Å². The predicted octanol–water partition coefficient (Wildman–Crippen LogP) is 6.62. The molecule has 0 radical (unpaired) electrons. The summed E-state index contributed by atoms with van der Waals surface area (Å²) in [6, 6.07) is 19.4. The van der Waals surface area contributed by atoms with E-state index in [0.29, 0.717) is 27.8 Å². The minimum absolute atomic E-state index is 0.249. The van der Waals surface area contributed by atoms with Gasteiger partial charge in [-0.3, -0.25) is 4.79 Å². The number of aromatic nitrogens is 2. The zero-order valence-corrected chi connectivity index (χ0v) is 18.6. The topological polar surface area (TPSA) is 46.9 Å². The van der Waals surface area contributed by atoms with Crippen molar-refractivity contribution >= 4 is 34.8 Å². The molecule has 4 nitrogen and oxygen atoms in total. The number of benzene rings is 3. The fourth-order valence-electron chi connectivity index (χ4n) is 4.02. The molecule has 5 rings (SSSR count). The number of halogens is 2. The van der Waals surface area contributed by atoms with Gasteiger partial charge in [-0.15, -0.1) is 0 Å². The second-order valence-corrected chi connectivity index (χ2v) is 8.60. The number of nitrogens with zero attached hydrogens (tertiary/aromatic N) is 2. The highest BCUT2D eigenvalue weighted by molar-refractivity contribution is 6.43. The standard InChI is InChI=1S/C25H19Cl2N3O/c1-14-6-9-17(10-7-14)28-25(31)23-19-13-16-12-15(2)8-11-18(16)24(19)30(29-23)21-5-3-4-20(26)22(21)27/h3-12H,13H2,1-2H3,(H,28,31). The zero-order valence-electron chi connectivity index (χ0n) is 17.0. The first-order valence-electron chi connectivity index (χ1n) is 9.96. The second-order valence-electron chi connectivity index (χ2n) is 7.82. The minimum Gasteiger partial charge on any atom is -0.321 e. The van der Waals surface area contributed by atoms with Gasteiger partial charge < -0.3 is 5.32 Å². The van der Waals surface area contributed by atoms with E-state index in [-0.39, 0.29) is 5.91 Å². The highest BCUT2D eigenvalue weighted by Crippen LogP contribution is 2.42. The summed E-state index contributed by atoms with van der Waals surface area (Å²) < 4.78 is 1.74. The predicted molar refractivity (Wildman–Crippen MR) is 126 cm³/mol. The first-order chi connectivity index (χ1) is 14.9. The summed E-state index contributed by atoms with van der Waals surface area (Å²) in [5.74, 6) is -0.249. The molecule has 3 aromatic carbocycles. The van der Waals surface area contributed by atoms with E-state index in [9.17, 15) is 4.79 Å². The third-order valence-electron chi connectivity index (χ3n) is 5.55. The SMILES string of the molecule is Cc1ccc(NC(=O)c2nn(-c3cccc(Cl)c3Cl)c3c2Cc2cc(C)ccc2-3)cc1. The largest absolute Gasteiger partial charge is 0.321 e. The number of rotatable bonds is 3. The Balaban J connectivity index is 1.66. The lowest BCUT2D eigenvalue weighted by atomic mass is 10.1. The van der Waals surface area contributed by atoms with Gasteiger partial charge in [0.2, 0.25) is 0 Å². The quantitative estimate of drug-likeness (QED) is 0.337. The van der Waals surface area contributed by atoms with Gasteiger partial charge in [-0.2, -0.15) is 5.10 Å². The molecule has 154 valence electrons. The van der Waals surface area contributed by atoms with Gasteiger partial charge in [0.15, 0.2) is 5.69 Å². The average Bonchev–Trinajstić information content (AvgIpc) is 3.28. The summed E-state index contributed by atoms with van der Waals surface area (Å²) in [7, 11) is 0. The first-order valence-corrected chi connectivity index (χ1v) is 10.7. The van der Waals surface area contributed by atoms with Gasteiger partial charge in [0.25, 0.3) is 5.91 Å². The molecule has 0 spiro atoms. The number of amides is 1. The normalized spacial score (nSPS) is 11.9. The molecule has 1 N–H and O–H groups in total. The lowest BCUT2D eigenvalue weighted by Crippen LogP contribution is -2.15. The van der Waals surface area contributed by atoms with Crippen LogP contribution in [0.15, 0.2) is 60.7 Å². The van der Waals surface area contributed by atoms with Gasteiger partial charge in [-0.05, 0) is 43.7 Å². The Morgan fingerprint density at radius 2 is 1.74 bits per heavy atom. The molecule has 0 fully saturated rings. The monoisotopic (exact) mass is 447 g/mol. The summed E-state index contributed by atoms with van der Waals surface area (Å²) in [4.78, 5) is 13.2. The van der Waals surface area contributed by atoms with Gasteiger partial charge in [0.1, 0.15) is 0 Å². The third-order valence-corrected chi connectivity index (χ3v) is 6.36. The number of carbonyl (C=O) groups is 1. The van der Waals surface area contributed by atoms with E-state index in [2.05, 4.69) is 30.4 Å². The number of nitrogens with one attached hydrogen (secondary N) is 1. The van der Waals surface area contributed by atoms with Gasteiger partial charge in [-0.25, -0.2) is 4.68 Å². The second kappa shape index (κ2) is 7.56. The van der Waals surface area contributed by atoms with Crippen LogP contribution in [0.3, 0.4) is 0 Å². The Hall–Kier alpha value is -3.08. The molecule has 0 unspecified atom stereocenters. The van der Waals surface area contributed by atoms with E-state index in [0.717, 1.165) is 28.1 Å². The van der Waals surface area contributed by atoms with Crippen molar-refractivity contribution < 1.29 is 4.79 Å². The van der Waals surface area contributed by atoms with Crippen LogP contribution in [0.2, 0.25) is 10.0 Å². The molecule has 31 heavy (non-hydrogen) atoms. The molecular formula is C25H19Cl2N3O. The van der Waals surface area contributed by atoms with E-state index in [1.165, 1.54) is 11.1 Å². The van der Waals surface area contributed by atoms with E-state index in [1.54, 1.807) is 10.7 Å². The number of carbonyl (C=O) groups excluding carboxylic acids is 1. The molecule has 4 aromatic rings. The van der Waals surface area contributed by atoms with Crippen molar-refractivity contribution in [3.8, 4) is 16.9 Å². The van der Waals surface area contributed by atoms with Crippen LogP contribution in [0.4, 0.5) is 5.69 Å². The van der Waals surface area contributed by atoms with Crippen LogP contribution < -0.4 is 5.32 Å². The van der Waals surface area contributed by atoms with Gasteiger partial charge in [0.05, 0.1) is 21.4 Å². The Bertz CT molecular complexity index is 1340. The molecule has 0 atom stereocenters. The number of hydrogen-bond donors (Lipinski definition) is 1. The number of fused-ring (bicyclic) bond motifs is 3. The maximum absolute atomic E-state index is 13.2. The molecule has 0 aliphatic heterocycles. The van der Waals surface area contributed by atoms with E-state index < -0.39 is 0 Å². The number of anilines is 1. The Morgan fingerprint density at radius 3 is 2.52 bits per heavy atom. The summed E-state index contributed by atoms with van der Waals surface area (Å²) >= 11 is 12.8. The zero-order chi connectivity index (χ0) is 21.7. The summed E-state index contributed by atoms with van der Waals surface area (Å²) in [6.45, 7) is 4.07. The molecule has 6 heteroatoms. The van der Waals surface area contributed by atoms with Crippen LogP contribution in [0.5, 0.6) is 0 Å². The smallest absolute Gasteiger partial charge is 0.276 e. The molecule has 0 saturated carbocycles. The molecular weight excluding hydrogens is 429 g/mol. The highest BCUT2D eigenvalue weighted by atomic mass is 35.5. The summed E-state index contributed by atoms with van der Waals surface area (Å²) in [5, 5.41) is 8.51. The van der Waals surface area contributed by atoms with Crippen LogP contribution >= 0.6 is 23.2 Å². The molecule has 0 saturated heterocycles. The Kier molecular flexibility index (Phi) is 4.84. The van der Waals surface area contributed by atoms with Crippen molar-refractivity contribution in [3.63, 3.8) is 0 Å². The van der Waals surface area contributed by atoms with Crippen LogP contribution in [0.25, 0.3) is 16.9 Å². The fourth-order valence-corrected chi connectivity index (χ4v) is 4.40. The van der Waals surface area contributed by atoms with E-state index >= 15 is 0 Å². The highest BCUT2D eigenvalue weighted by Gasteiger charge is 2.31. The van der Waals surface area contributed by atoms with Crippen molar-refractivity contribution in [3.05, 3.63) is 98.7 Å². The molecule has 1 aliphatic carbocycles. The van der Waals surface area contributed by atoms with Gasteiger partial charge >= 0.3 is 0 Å². The molecule has 1 aliphatic rings. The van der Waals surface area contributed by atoms with Crippen LogP contribution in [0, 0.1) is 13.8 Å². The molecule has 1 heterocycles. The number of hydrogen-bond acceptors (Lipinski definition) is 2. The van der Waals surface area contributed by atoms with Crippen molar-refractivity contribution in [2.45, 2.75) is 20.3 Å². The van der Waals surface area contributed by atoms with Crippen molar-refractivity contribution in [1.82, 2.24) is 9.78 Å². The average molecular weight is 448 g/mol. The van der Waals surface area contributed by atoms with E-state index in [4.69, 9.17) is 28.3 Å². The Morgan fingerprint density at radius 1 is 1.00 bits per heavy atom. The van der Waals surface area contributed by atoms with Crippen molar-refractivity contribution in [2.24, 2.45) is 0 Å². The van der Waals surface area contributed by atoms with E-state index in [1.807, 2.05) is 43.3 Å². The third kappa shape index (κ3) is 3.42. The maximum atomic E-state index is 13.2. The molecule has 1 aromatic heterocycles. The molecule has 1 amide bonds. The summed E-state index contributed by atoms with van der Waals surface area (Å²) in [5.41, 5.74) is 8.07. The van der Waals surface area contributed by atoms with Crippen LogP contribution in [-0.4, -0.2) is 15.7 Å². The Labute approximate surface area is 190 Å². The lowest BCUT2D eigenvalue weighted by Gasteiger charge is -2.10. The minimum atomic E-state index is -0.249. The summed E-state index contributed by atoms with van der Waals surface area (Å²) in [6.07, 6.45) is 0.640. The maximum Gasteiger partial charge on any atom is 0.276 e. The number of aryl methyl sites for hydroxylation is 2. The fraction of sp³-hybridized carbons (Fsp3) is 0.120.